The highest BCUT2D eigenvalue weighted by atomic mass is 32.1. The molecule has 1 aromatic heterocycles. The summed E-state index contributed by atoms with van der Waals surface area (Å²) in [5.74, 6) is -1.12. The average Bonchev–Trinajstić information content (AvgIpc) is 2.81. The number of nitrogens with zero attached hydrogens (tertiary/aromatic N) is 3. The van der Waals surface area contributed by atoms with E-state index in [1.807, 2.05) is 0 Å². The lowest BCUT2D eigenvalue weighted by molar-refractivity contribution is -0.147. The van der Waals surface area contributed by atoms with E-state index in [4.69, 9.17) is 17.0 Å². The number of rotatable bonds is 4. The number of alkyl halides is 3. The van der Waals surface area contributed by atoms with Crippen molar-refractivity contribution in [1.29, 1.82) is 0 Å². The van der Waals surface area contributed by atoms with Crippen molar-refractivity contribution in [3.8, 4) is 11.5 Å². The van der Waals surface area contributed by atoms with Crippen molar-refractivity contribution in [3.05, 3.63) is 34.4 Å². The van der Waals surface area contributed by atoms with Gasteiger partial charge in [-0.15, -0.1) is 5.10 Å². The molecule has 0 unspecified atom stereocenters. The molecule has 0 aliphatic heterocycles. The lowest BCUT2D eigenvalue weighted by Gasteiger charge is -2.06. The lowest BCUT2D eigenvalue weighted by Crippen LogP contribution is -2.12. The fraction of sp³-hybridized carbons (Fsp3) is 0.250. The number of aromatic nitrogens is 3. The molecule has 0 atom stereocenters. The molecule has 1 heterocycles. The van der Waals surface area contributed by atoms with Gasteiger partial charge in [0.2, 0.25) is 4.77 Å². The maximum Gasteiger partial charge on any atom is 0.453 e. The number of aromatic amines is 1. The predicted octanol–water partition coefficient (Wildman–Crippen LogP) is 2.95. The number of aromatic hydroxyl groups is 1. The van der Waals surface area contributed by atoms with E-state index < -0.39 is 12.0 Å². The molecule has 2 rings (SSSR count). The topological polar surface area (TPSA) is 75.4 Å². The normalized spacial score (nSPS) is 12.0. The number of hydrogen-bond acceptors (Lipinski definition) is 5. The second kappa shape index (κ2) is 6.18. The van der Waals surface area contributed by atoms with Crippen LogP contribution in [0.25, 0.3) is 0 Å². The summed E-state index contributed by atoms with van der Waals surface area (Å²) < 4.78 is 43.6. The van der Waals surface area contributed by atoms with E-state index in [0.717, 1.165) is 6.21 Å². The van der Waals surface area contributed by atoms with Gasteiger partial charge in [-0.3, -0.25) is 0 Å². The second-order valence-electron chi connectivity index (χ2n) is 4.07. The van der Waals surface area contributed by atoms with Crippen molar-refractivity contribution in [2.75, 3.05) is 6.61 Å². The Morgan fingerprint density at radius 1 is 1.50 bits per heavy atom. The molecule has 22 heavy (non-hydrogen) atoms. The van der Waals surface area contributed by atoms with Gasteiger partial charge in [-0.2, -0.15) is 22.9 Å². The van der Waals surface area contributed by atoms with E-state index in [9.17, 15) is 18.3 Å². The van der Waals surface area contributed by atoms with Crippen LogP contribution in [0.5, 0.6) is 11.5 Å². The van der Waals surface area contributed by atoms with E-state index in [0.29, 0.717) is 16.8 Å². The van der Waals surface area contributed by atoms with E-state index in [1.54, 1.807) is 6.92 Å². The van der Waals surface area contributed by atoms with Crippen LogP contribution in [0.2, 0.25) is 0 Å². The molecule has 0 fully saturated rings. The Morgan fingerprint density at radius 2 is 2.23 bits per heavy atom. The van der Waals surface area contributed by atoms with Crippen molar-refractivity contribution >= 4 is 18.4 Å². The van der Waals surface area contributed by atoms with Crippen LogP contribution in [0.15, 0.2) is 23.3 Å². The van der Waals surface area contributed by atoms with E-state index in [1.165, 1.54) is 18.2 Å². The highest BCUT2D eigenvalue weighted by Crippen LogP contribution is 2.28. The van der Waals surface area contributed by atoms with Crippen molar-refractivity contribution in [2.45, 2.75) is 13.1 Å². The Balaban J connectivity index is 2.36. The highest BCUT2D eigenvalue weighted by Gasteiger charge is 2.37. The number of ether oxygens (including phenoxy) is 1. The maximum absolute atomic E-state index is 12.7. The summed E-state index contributed by atoms with van der Waals surface area (Å²) >= 11 is 4.71. The summed E-state index contributed by atoms with van der Waals surface area (Å²) in [6, 6.07) is 4.27. The maximum atomic E-state index is 12.7. The average molecular weight is 332 g/mol. The van der Waals surface area contributed by atoms with Crippen LogP contribution in [0.1, 0.15) is 18.3 Å². The molecule has 0 aliphatic rings. The molecule has 10 heteroatoms. The highest BCUT2D eigenvalue weighted by molar-refractivity contribution is 7.71. The van der Waals surface area contributed by atoms with Gasteiger partial charge in [0.1, 0.15) is 0 Å². The third-order valence-corrected chi connectivity index (χ3v) is 2.77. The van der Waals surface area contributed by atoms with Crippen LogP contribution in [-0.2, 0) is 6.18 Å². The summed E-state index contributed by atoms with van der Waals surface area (Å²) in [5, 5.41) is 18.4. The number of hydrogen-bond donors (Lipinski definition) is 2. The minimum absolute atomic E-state index is 0.0742. The number of phenols is 1. The van der Waals surface area contributed by atoms with Crippen LogP contribution in [0.4, 0.5) is 13.2 Å². The predicted molar refractivity (Wildman–Crippen MR) is 74.7 cm³/mol. The molecule has 0 bridgehead atoms. The minimum Gasteiger partial charge on any atom is -0.504 e. The van der Waals surface area contributed by atoms with E-state index in [-0.39, 0.29) is 16.3 Å². The van der Waals surface area contributed by atoms with Gasteiger partial charge in [-0.1, -0.05) is 0 Å². The molecular weight excluding hydrogens is 321 g/mol. The molecule has 1 aromatic carbocycles. The third kappa shape index (κ3) is 3.45. The first-order valence-corrected chi connectivity index (χ1v) is 6.48. The number of halogens is 3. The van der Waals surface area contributed by atoms with Gasteiger partial charge in [-0.25, -0.2) is 5.10 Å². The molecule has 2 N–H and O–H groups in total. The van der Waals surface area contributed by atoms with Gasteiger partial charge in [-0.05, 0) is 42.9 Å². The molecule has 0 saturated carbocycles. The lowest BCUT2D eigenvalue weighted by atomic mass is 10.2. The Bertz CT molecular complexity index is 752. The molecule has 2 aromatic rings. The van der Waals surface area contributed by atoms with E-state index >= 15 is 0 Å². The van der Waals surface area contributed by atoms with Gasteiger partial charge in [0, 0.05) is 0 Å². The minimum atomic E-state index is -4.68. The number of phenolic OH excluding ortho intramolecular Hbond substituents is 1. The Hall–Kier alpha value is -2.36. The number of H-pyrrole nitrogens is 1. The zero-order chi connectivity index (χ0) is 16.3. The third-order valence-electron chi connectivity index (χ3n) is 2.51. The molecule has 0 saturated heterocycles. The molecule has 118 valence electrons. The fourth-order valence-corrected chi connectivity index (χ4v) is 1.77. The molecule has 0 amide bonds. The Kier molecular flexibility index (Phi) is 4.50. The number of benzene rings is 1. The van der Waals surface area contributed by atoms with Crippen LogP contribution in [0, 0.1) is 4.77 Å². The molecule has 6 nitrogen and oxygen atoms in total. The summed E-state index contributed by atoms with van der Waals surface area (Å²) in [4.78, 5) is 0. The molecular formula is C12H11F3N4O2S. The summed E-state index contributed by atoms with van der Waals surface area (Å²) in [7, 11) is 0. The molecule has 0 aliphatic carbocycles. The first-order chi connectivity index (χ1) is 10.3. The standard InChI is InChI=1S/C12H11F3N4O2S/c1-2-21-9-5-7(3-4-8(9)20)6-16-19-10(12(13,14)15)17-18-11(19)22/h3-6,20H,2H2,1H3,(H,18,22)/b16-6+. The van der Waals surface area contributed by atoms with E-state index in [2.05, 4.69) is 15.3 Å². The van der Waals surface area contributed by atoms with Crippen molar-refractivity contribution < 1.29 is 23.0 Å². The van der Waals surface area contributed by atoms with Gasteiger partial charge in [0.05, 0.1) is 12.8 Å². The van der Waals surface area contributed by atoms with Crippen molar-refractivity contribution in [1.82, 2.24) is 14.9 Å². The van der Waals surface area contributed by atoms with Gasteiger partial charge in [0.25, 0.3) is 5.82 Å². The first-order valence-electron chi connectivity index (χ1n) is 6.07. The summed E-state index contributed by atoms with van der Waals surface area (Å²) in [6.07, 6.45) is -3.53. The van der Waals surface area contributed by atoms with Crippen molar-refractivity contribution in [3.63, 3.8) is 0 Å². The van der Waals surface area contributed by atoms with Gasteiger partial charge in [0.15, 0.2) is 11.5 Å². The van der Waals surface area contributed by atoms with Gasteiger partial charge < -0.3 is 9.84 Å². The monoisotopic (exact) mass is 332 g/mol. The Labute approximate surface area is 127 Å². The van der Waals surface area contributed by atoms with Crippen LogP contribution in [0.3, 0.4) is 0 Å². The van der Waals surface area contributed by atoms with Crippen LogP contribution in [-0.4, -0.2) is 32.8 Å². The quantitative estimate of drug-likeness (QED) is 0.667. The smallest absolute Gasteiger partial charge is 0.453 e. The van der Waals surface area contributed by atoms with Crippen LogP contribution < -0.4 is 4.74 Å². The SMILES string of the molecule is CCOc1cc(/C=N/n2c(C(F)(F)F)n[nH]c2=S)ccc1O. The van der Waals surface area contributed by atoms with Crippen LogP contribution >= 0.6 is 12.2 Å². The molecule has 0 spiro atoms. The first kappa shape index (κ1) is 16.0. The summed E-state index contributed by atoms with van der Waals surface area (Å²) in [6.45, 7) is 2.07. The van der Waals surface area contributed by atoms with Crippen molar-refractivity contribution in [2.24, 2.45) is 5.10 Å². The van der Waals surface area contributed by atoms with Gasteiger partial charge >= 0.3 is 6.18 Å². The number of nitrogens with one attached hydrogen (secondary N) is 1. The fourth-order valence-electron chi connectivity index (χ4n) is 1.59. The molecule has 0 radical (unpaired) electrons. The zero-order valence-electron chi connectivity index (χ0n) is 11.3. The summed E-state index contributed by atoms with van der Waals surface area (Å²) in [5.41, 5.74) is 0.428. The largest absolute Gasteiger partial charge is 0.504 e. The zero-order valence-corrected chi connectivity index (χ0v) is 12.1. The Morgan fingerprint density at radius 3 is 2.86 bits per heavy atom. The second-order valence-corrected chi connectivity index (χ2v) is 4.45.